The molecule has 1 nitrogen and oxygen atoms in total. The van der Waals surface area contributed by atoms with Gasteiger partial charge in [-0.15, -0.1) is 11.8 Å². The van der Waals surface area contributed by atoms with Crippen LogP contribution < -0.4 is 5.32 Å². The number of anilines is 2. The van der Waals surface area contributed by atoms with Crippen LogP contribution in [0, 0.1) is 0 Å². The molecule has 0 aliphatic heterocycles. The molecule has 0 heterocycles. The van der Waals surface area contributed by atoms with Gasteiger partial charge >= 0.3 is 0 Å². The van der Waals surface area contributed by atoms with Crippen LogP contribution in [0.25, 0.3) is 0 Å². The maximum absolute atomic E-state index is 6.07. The fourth-order valence-electron chi connectivity index (χ4n) is 1.39. The zero-order chi connectivity index (χ0) is 11.4. The number of nitrogens with one attached hydrogen (secondary N) is 1. The number of hydrogen-bond acceptors (Lipinski definition) is 2. The lowest BCUT2D eigenvalue weighted by Crippen LogP contribution is -1.90. The SMILES string of the molecule is CSc1ccc(Nc2ccccc2Cl)cc1. The van der Waals surface area contributed by atoms with E-state index in [1.807, 2.05) is 24.3 Å². The second-order valence-electron chi connectivity index (χ2n) is 3.33. The lowest BCUT2D eigenvalue weighted by atomic mass is 10.2. The molecule has 3 heteroatoms. The zero-order valence-corrected chi connectivity index (χ0v) is 10.5. The Kier molecular flexibility index (Phi) is 3.75. The van der Waals surface area contributed by atoms with Crippen molar-refractivity contribution in [1.82, 2.24) is 0 Å². The van der Waals surface area contributed by atoms with Gasteiger partial charge in [-0.25, -0.2) is 0 Å². The largest absolute Gasteiger partial charge is 0.354 e. The van der Waals surface area contributed by atoms with Crippen LogP contribution >= 0.6 is 23.4 Å². The maximum Gasteiger partial charge on any atom is 0.0640 e. The van der Waals surface area contributed by atoms with Crippen LogP contribution in [0.15, 0.2) is 53.4 Å². The molecule has 2 rings (SSSR count). The van der Waals surface area contributed by atoms with Crippen molar-refractivity contribution < 1.29 is 0 Å². The monoisotopic (exact) mass is 249 g/mol. The van der Waals surface area contributed by atoms with Crippen LogP contribution in [-0.2, 0) is 0 Å². The lowest BCUT2D eigenvalue weighted by molar-refractivity contribution is 1.44. The van der Waals surface area contributed by atoms with Gasteiger partial charge in [0.1, 0.15) is 0 Å². The van der Waals surface area contributed by atoms with Crippen LogP contribution in [0.5, 0.6) is 0 Å². The molecule has 0 aliphatic carbocycles. The number of rotatable bonds is 3. The van der Waals surface area contributed by atoms with E-state index >= 15 is 0 Å². The summed E-state index contributed by atoms with van der Waals surface area (Å²) in [5.74, 6) is 0. The molecule has 0 unspecified atom stereocenters. The molecule has 0 atom stereocenters. The first-order valence-corrected chi connectivity index (χ1v) is 6.55. The second-order valence-corrected chi connectivity index (χ2v) is 4.62. The Morgan fingerprint density at radius 3 is 2.31 bits per heavy atom. The van der Waals surface area contributed by atoms with Crippen molar-refractivity contribution in [2.45, 2.75) is 4.90 Å². The molecule has 0 aliphatic rings. The highest BCUT2D eigenvalue weighted by molar-refractivity contribution is 7.98. The first-order valence-electron chi connectivity index (χ1n) is 4.95. The van der Waals surface area contributed by atoms with Gasteiger partial charge in [0.05, 0.1) is 10.7 Å². The first kappa shape index (κ1) is 11.4. The number of thioether (sulfide) groups is 1. The number of halogens is 1. The average Bonchev–Trinajstić information content (AvgIpc) is 2.33. The van der Waals surface area contributed by atoms with E-state index in [1.54, 1.807) is 11.8 Å². The third-order valence-corrected chi connectivity index (χ3v) is 3.32. The second kappa shape index (κ2) is 5.28. The Morgan fingerprint density at radius 2 is 1.69 bits per heavy atom. The van der Waals surface area contributed by atoms with E-state index in [-0.39, 0.29) is 0 Å². The van der Waals surface area contributed by atoms with Crippen LogP contribution in [0.1, 0.15) is 0 Å². The fourth-order valence-corrected chi connectivity index (χ4v) is 1.98. The lowest BCUT2D eigenvalue weighted by Gasteiger charge is -2.08. The summed E-state index contributed by atoms with van der Waals surface area (Å²) < 4.78 is 0. The smallest absolute Gasteiger partial charge is 0.0640 e. The van der Waals surface area contributed by atoms with Crippen molar-refractivity contribution in [2.75, 3.05) is 11.6 Å². The molecule has 16 heavy (non-hydrogen) atoms. The van der Waals surface area contributed by atoms with Crippen molar-refractivity contribution >= 4 is 34.7 Å². The Labute approximate surface area is 105 Å². The summed E-state index contributed by atoms with van der Waals surface area (Å²) in [6, 6.07) is 16.0. The highest BCUT2D eigenvalue weighted by Crippen LogP contribution is 2.25. The molecule has 82 valence electrons. The molecule has 0 fully saturated rings. The highest BCUT2D eigenvalue weighted by atomic mass is 35.5. The molecule has 2 aromatic rings. The molecule has 0 saturated carbocycles. The van der Waals surface area contributed by atoms with Gasteiger partial charge in [0.25, 0.3) is 0 Å². The molecule has 2 aromatic carbocycles. The van der Waals surface area contributed by atoms with E-state index in [4.69, 9.17) is 11.6 Å². The van der Waals surface area contributed by atoms with Crippen molar-refractivity contribution in [1.29, 1.82) is 0 Å². The van der Waals surface area contributed by atoms with Gasteiger partial charge in [-0.05, 0) is 42.7 Å². The quantitative estimate of drug-likeness (QED) is 0.784. The first-order chi connectivity index (χ1) is 7.79. The minimum absolute atomic E-state index is 0.733. The van der Waals surface area contributed by atoms with Crippen LogP contribution in [-0.4, -0.2) is 6.26 Å². The third kappa shape index (κ3) is 2.71. The Balaban J connectivity index is 2.18. The molecular formula is C13H12ClNS. The van der Waals surface area contributed by atoms with Gasteiger partial charge in [0.15, 0.2) is 0 Å². The Morgan fingerprint density at radius 1 is 1.00 bits per heavy atom. The van der Waals surface area contributed by atoms with Crippen LogP contribution in [0.2, 0.25) is 5.02 Å². The van der Waals surface area contributed by atoms with E-state index in [2.05, 4.69) is 35.8 Å². The molecule has 0 radical (unpaired) electrons. The molecule has 0 aromatic heterocycles. The average molecular weight is 250 g/mol. The topological polar surface area (TPSA) is 12.0 Å². The Bertz CT molecular complexity index is 468. The summed E-state index contributed by atoms with van der Waals surface area (Å²) in [7, 11) is 0. The van der Waals surface area contributed by atoms with Gasteiger partial charge in [0, 0.05) is 10.6 Å². The summed E-state index contributed by atoms with van der Waals surface area (Å²) >= 11 is 7.80. The highest BCUT2D eigenvalue weighted by Gasteiger charge is 1.99. The third-order valence-electron chi connectivity index (χ3n) is 2.24. The zero-order valence-electron chi connectivity index (χ0n) is 8.91. The van der Waals surface area contributed by atoms with E-state index < -0.39 is 0 Å². The number of hydrogen-bond donors (Lipinski definition) is 1. The van der Waals surface area contributed by atoms with Gasteiger partial charge in [-0.1, -0.05) is 23.7 Å². The van der Waals surface area contributed by atoms with Gasteiger partial charge in [0.2, 0.25) is 0 Å². The molecule has 0 saturated heterocycles. The number of para-hydroxylation sites is 1. The Hall–Kier alpha value is -1.12. The van der Waals surface area contributed by atoms with Crippen LogP contribution in [0.3, 0.4) is 0 Å². The van der Waals surface area contributed by atoms with E-state index in [0.29, 0.717) is 0 Å². The predicted molar refractivity (Wildman–Crippen MR) is 73.0 cm³/mol. The summed E-state index contributed by atoms with van der Waals surface area (Å²) in [4.78, 5) is 1.25. The predicted octanol–water partition coefficient (Wildman–Crippen LogP) is 4.81. The summed E-state index contributed by atoms with van der Waals surface area (Å²) in [5, 5.41) is 4.02. The number of benzene rings is 2. The molecular weight excluding hydrogens is 238 g/mol. The molecule has 0 bridgehead atoms. The maximum atomic E-state index is 6.07. The van der Waals surface area contributed by atoms with Crippen molar-refractivity contribution in [3.05, 3.63) is 53.6 Å². The minimum Gasteiger partial charge on any atom is -0.354 e. The van der Waals surface area contributed by atoms with E-state index in [1.165, 1.54) is 4.90 Å². The van der Waals surface area contributed by atoms with Crippen LogP contribution in [0.4, 0.5) is 11.4 Å². The van der Waals surface area contributed by atoms with E-state index in [0.717, 1.165) is 16.4 Å². The van der Waals surface area contributed by atoms with Crippen molar-refractivity contribution in [3.63, 3.8) is 0 Å². The summed E-state index contributed by atoms with van der Waals surface area (Å²) in [5.41, 5.74) is 1.98. The standard InChI is InChI=1S/C13H12ClNS/c1-16-11-8-6-10(7-9-11)15-13-5-3-2-4-12(13)14/h2-9,15H,1H3. The minimum atomic E-state index is 0.733. The molecule has 0 spiro atoms. The molecule has 0 amide bonds. The van der Waals surface area contributed by atoms with Crippen molar-refractivity contribution in [2.24, 2.45) is 0 Å². The van der Waals surface area contributed by atoms with Gasteiger partial charge < -0.3 is 5.32 Å². The van der Waals surface area contributed by atoms with Gasteiger partial charge in [-0.2, -0.15) is 0 Å². The van der Waals surface area contributed by atoms with Crippen molar-refractivity contribution in [3.8, 4) is 0 Å². The summed E-state index contributed by atoms with van der Waals surface area (Å²) in [6.45, 7) is 0. The van der Waals surface area contributed by atoms with E-state index in [9.17, 15) is 0 Å². The fraction of sp³-hybridized carbons (Fsp3) is 0.0769. The summed E-state index contributed by atoms with van der Waals surface area (Å²) in [6.07, 6.45) is 2.07. The van der Waals surface area contributed by atoms with Gasteiger partial charge in [-0.3, -0.25) is 0 Å². The normalized spacial score (nSPS) is 10.1. The molecule has 1 N–H and O–H groups in total.